The first-order valence-corrected chi connectivity index (χ1v) is 8.66. The van der Waals surface area contributed by atoms with Gasteiger partial charge in [-0.15, -0.1) is 0 Å². The molecule has 1 aliphatic heterocycles. The first-order chi connectivity index (χ1) is 13.9. The van der Waals surface area contributed by atoms with Crippen LogP contribution < -0.4 is 14.2 Å². The highest BCUT2D eigenvalue weighted by molar-refractivity contribution is 6.05. The van der Waals surface area contributed by atoms with E-state index in [1.54, 1.807) is 43.5 Å². The number of hydrogen-bond donors (Lipinski definition) is 0. The summed E-state index contributed by atoms with van der Waals surface area (Å²) in [7, 11) is 1.57. The molecule has 1 heterocycles. The monoisotopic (exact) mass is 394 g/mol. The van der Waals surface area contributed by atoms with Crippen molar-refractivity contribution in [3.63, 3.8) is 0 Å². The van der Waals surface area contributed by atoms with Crippen molar-refractivity contribution in [3.8, 4) is 17.2 Å². The molecule has 0 fully saturated rings. The van der Waals surface area contributed by atoms with Crippen LogP contribution in [0, 0.1) is 0 Å². The Morgan fingerprint density at radius 3 is 2.21 bits per heavy atom. The summed E-state index contributed by atoms with van der Waals surface area (Å²) in [5, 5.41) is 0. The van der Waals surface area contributed by atoms with Crippen LogP contribution in [0.4, 0.5) is 0 Å². The third kappa shape index (κ3) is 4.90. The van der Waals surface area contributed by atoms with E-state index < -0.39 is 17.9 Å². The van der Waals surface area contributed by atoms with Gasteiger partial charge in [-0.25, -0.2) is 4.79 Å². The minimum Gasteiger partial charge on any atom is -0.497 e. The van der Waals surface area contributed by atoms with Gasteiger partial charge in [-0.05, 0) is 48.6 Å². The normalized spacial score (nSPS) is 14.2. The predicted molar refractivity (Wildman–Crippen MR) is 104 cm³/mol. The number of cyclic esters (lactones) is 1. The van der Waals surface area contributed by atoms with Gasteiger partial charge in [0, 0.05) is 31.0 Å². The molecule has 0 aromatic heterocycles. The molecule has 0 saturated heterocycles. The van der Waals surface area contributed by atoms with E-state index >= 15 is 0 Å². The average Bonchev–Trinajstić information content (AvgIpc) is 3.03. The van der Waals surface area contributed by atoms with Crippen LogP contribution in [-0.4, -0.2) is 25.0 Å². The van der Waals surface area contributed by atoms with E-state index in [9.17, 15) is 14.4 Å². The van der Waals surface area contributed by atoms with E-state index in [1.165, 1.54) is 32.1 Å². The number of benzene rings is 2. The Balaban J connectivity index is 1.94. The highest BCUT2D eigenvalue weighted by atomic mass is 16.5. The second kappa shape index (κ2) is 8.43. The molecular formula is C22H18O7. The number of carbonyl (C=O) groups excluding carboxylic acids is 3. The molecule has 2 aromatic rings. The lowest BCUT2D eigenvalue weighted by molar-refractivity contribution is -0.132. The van der Waals surface area contributed by atoms with Gasteiger partial charge in [0.25, 0.3) is 0 Å². The zero-order chi connectivity index (χ0) is 21.0. The molecule has 0 amide bonds. The molecule has 0 bridgehead atoms. The lowest BCUT2D eigenvalue weighted by Gasteiger charge is -2.08. The number of carbonyl (C=O) groups is 3. The molecule has 3 rings (SSSR count). The number of hydrogen-bond acceptors (Lipinski definition) is 7. The summed E-state index contributed by atoms with van der Waals surface area (Å²) in [6, 6.07) is 11.6. The molecule has 0 spiro atoms. The molecule has 0 atom stereocenters. The highest BCUT2D eigenvalue weighted by Crippen LogP contribution is 2.32. The zero-order valence-electron chi connectivity index (χ0n) is 16.1. The minimum atomic E-state index is -0.548. The maximum atomic E-state index is 12.3. The van der Waals surface area contributed by atoms with Gasteiger partial charge >= 0.3 is 17.9 Å². The van der Waals surface area contributed by atoms with Gasteiger partial charge in [-0.3, -0.25) is 9.59 Å². The Bertz CT molecular complexity index is 1030. The highest BCUT2D eigenvalue weighted by Gasteiger charge is 2.23. The lowest BCUT2D eigenvalue weighted by atomic mass is 10.1. The summed E-state index contributed by atoms with van der Waals surface area (Å²) in [5.74, 6) is -0.122. The third-order valence-electron chi connectivity index (χ3n) is 3.91. The summed E-state index contributed by atoms with van der Waals surface area (Å²) in [5.41, 5.74) is 1.45. The summed E-state index contributed by atoms with van der Waals surface area (Å²) in [6.45, 7) is 2.52. The molecule has 0 unspecified atom stereocenters. The maximum Gasteiger partial charge on any atom is 0.343 e. The summed E-state index contributed by atoms with van der Waals surface area (Å²) in [6.07, 6.45) is 3.14. The molecular weight excluding hydrogens is 376 g/mol. The number of esters is 3. The van der Waals surface area contributed by atoms with Gasteiger partial charge in [0.2, 0.25) is 0 Å². The Hall–Kier alpha value is -3.87. The van der Waals surface area contributed by atoms with Crippen LogP contribution in [0.25, 0.3) is 11.8 Å². The van der Waals surface area contributed by atoms with Crippen LogP contribution >= 0.6 is 0 Å². The standard InChI is InChI=1S/C22H18O7/c1-13(23)27-19-9-6-16(21(12-19)28-14(2)24)10-17-11-20(29-22(17)25)15-4-7-18(26-3)8-5-15/h4-12H,1-3H3/b17-10+. The number of methoxy groups -OCH3 is 1. The molecule has 0 radical (unpaired) electrons. The van der Waals surface area contributed by atoms with Gasteiger partial charge < -0.3 is 18.9 Å². The predicted octanol–water partition coefficient (Wildman–Crippen LogP) is 3.53. The fourth-order valence-corrected chi connectivity index (χ4v) is 2.66. The smallest absolute Gasteiger partial charge is 0.343 e. The minimum absolute atomic E-state index is 0.155. The van der Waals surface area contributed by atoms with Crippen molar-refractivity contribution in [3.05, 3.63) is 65.2 Å². The fraction of sp³-hybridized carbons (Fsp3) is 0.136. The van der Waals surface area contributed by atoms with Crippen LogP contribution in [0.15, 0.2) is 54.1 Å². The molecule has 0 aliphatic carbocycles. The van der Waals surface area contributed by atoms with Gasteiger partial charge in [0.05, 0.1) is 12.7 Å². The first-order valence-electron chi connectivity index (χ1n) is 8.66. The largest absolute Gasteiger partial charge is 0.497 e. The summed E-state index contributed by atoms with van der Waals surface area (Å²) < 4.78 is 20.7. The second-order valence-corrected chi connectivity index (χ2v) is 6.11. The molecule has 0 N–H and O–H groups in total. The third-order valence-corrected chi connectivity index (χ3v) is 3.91. The van der Waals surface area contributed by atoms with E-state index in [2.05, 4.69) is 0 Å². The zero-order valence-corrected chi connectivity index (χ0v) is 16.1. The van der Waals surface area contributed by atoms with Crippen molar-refractivity contribution in [2.75, 3.05) is 7.11 Å². The lowest BCUT2D eigenvalue weighted by Crippen LogP contribution is -2.05. The summed E-state index contributed by atoms with van der Waals surface area (Å²) >= 11 is 0. The van der Waals surface area contributed by atoms with E-state index in [1.807, 2.05) is 0 Å². The Labute approximate surface area is 167 Å². The van der Waals surface area contributed by atoms with Gasteiger partial charge in [-0.2, -0.15) is 0 Å². The maximum absolute atomic E-state index is 12.3. The van der Waals surface area contributed by atoms with Gasteiger partial charge in [-0.1, -0.05) is 0 Å². The fourth-order valence-electron chi connectivity index (χ4n) is 2.66. The van der Waals surface area contributed by atoms with Crippen LogP contribution in [0.1, 0.15) is 25.0 Å². The number of rotatable bonds is 5. The Kier molecular flexibility index (Phi) is 5.78. The molecule has 7 nitrogen and oxygen atoms in total. The van der Waals surface area contributed by atoms with Crippen LogP contribution in [0.3, 0.4) is 0 Å². The molecule has 1 aliphatic rings. The van der Waals surface area contributed by atoms with E-state index in [0.29, 0.717) is 22.6 Å². The van der Waals surface area contributed by atoms with Crippen LogP contribution in [0.2, 0.25) is 0 Å². The van der Waals surface area contributed by atoms with Gasteiger partial charge in [0.15, 0.2) is 0 Å². The summed E-state index contributed by atoms with van der Waals surface area (Å²) in [4.78, 5) is 34.9. The molecule has 29 heavy (non-hydrogen) atoms. The average molecular weight is 394 g/mol. The van der Waals surface area contributed by atoms with E-state index in [0.717, 1.165) is 0 Å². The van der Waals surface area contributed by atoms with Crippen molar-refractivity contribution in [2.45, 2.75) is 13.8 Å². The second-order valence-electron chi connectivity index (χ2n) is 6.11. The molecule has 2 aromatic carbocycles. The Morgan fingerprint density at radius 1 is 0.931 bits per heavy atom. The van der Waals surface area contributed by atoms with E-state index in [-0.39, 0.29) is 17.1 Å². The van der Waals surface area contributed by atoms with Crippen molar-refractivity contribution in [1.29, 1.82) is 0 Å². The topological polar surface area (TPSA) is 88.1 Å². The van der Waals surface area contributed by atoms with Gasteiger partial charge in [0.1, 0.15) is 23.0 Å². The molecule has 0 saturated carbocycles. The number of ether oxygens (including phenoxy) is 4. The first kappa shape index (κ1) is 19.9. The van der Waals surface area contributed by atoms with Crippen molar-refractivity contribution in [2.24, 2.45) is 0 Å². The van der Waals surface area contributed by atoms with Crippen LogP contribution in [-0.2, 0) is 19.1 Å². The quantitative estimate of drug-likeness (QED) is 0.435. The molecule has 7 heteroatoms. The van der Waals surface area contributed by atoms with Crippen molar-refractivity contribution >= 4 is 29.7 Å². The van der Waals surface area contributed by atoms with Crippen LogP contribution in [0.5, 0.6) is 17.2 Å². The SMILES string of the molecule is COc1ccc(C2=C/C(=C\c3ccc(OC(C)=O)cc3OC(C)=O)C(=O)O2)cc1. The van der Waals surface area contributed by atoms with Crippen molar-refractivity contribution in [1.82, 2.24) is 0 Å². The van der Waals surface area contributed by atoms with Crippen molar-refractivity contribution < 1.29 is 33.3 Å². The van der Waals surface area contributed by atoms with E-state index in [4.69, 9.17) is 18.9 Å². The molecule has 148 valence electrons. The Morgan fingerprint density at radius 2 is 1.59 bits per heavy atom.